The Balaban J connectivity index is 2.70. The van der Waals surface area contributed by atoms with Crippen molar-refractivity contribution in [3.63, 3.8) is 0 Å². The minimum Gasteiger partial charge on any atom is -0.497 e. The Labute approximate surface area is 83.5 Å². The van der Waals surface area contributed by atoms with Crippen molar-refractivity contribution < 1.29 is 4.74 Å². The number of hydrogen-bond donors (Lipinski definition) is 1. The fourth-order valence-electron chi connectivity index (χ4n) is 1.60. The maximum atomic E-state index is 5.19. The first-order valence-corrected chi connectivity index (χ1v) is 4.59. The lowest BCUT2D eigenvalue weighted by Gasteiger charge is -2.07. The van der Waals surface area contributed by atoms with Crippen molar-refractivity contribution in [3.05, 3.63) is 36.4 Å². The van der Waals surface area contributed by atoms with E-state index in [-0.39, 0.29) is 0 Å². The molecule has 0 saturated carbocycles. The highest BCUT2D eigenvalue weighted by molar-refractivity contribution is 5.94. The summed E-state index contributed by atoms with van der Waals surface area (Å²) in [6, 6.07) is 12.3. The molecule has 0 radical (unpaired) electrons. The molecule has 0 heterocycles. The molecule has 0 aromatic heterocycles. The lowest BCUT2D eigenvalue weighted by atomic mass is 10.1. The molecule has 0 aliphatic carbocycles. The van der Waals surface area contributed by atoms with Gasteiger partial charge in [0.1, 0.15) is 5.75 Å². The van der Waals surface area contributed by atoms with Gasteiger partial charge in [0.2, 0.25) is 0 Å². The van der Waals surface area contributed by atoms with Crippen LogP contribution in [-0.2, 0) is 0 Å². The molecular formula is C12H13NO. The summed E-state index contributed by atoms with van der Waals surface area (Å²) in [4.78, 5) is 0. The molecular weight excluding hydrogens is 174 g/mol. The minimum absolute atomic E-state index is 0.889. The van der Waals surface area contributed by atoms with Crippen LogP contribution in [0.25, 0.3) is 10.8 Å². The molecule has 2 rings (SSSR count). The van der Waals surface area contributed by atoms with Crippen LogP contribution in [0.15, 0.2) is 36.4 Å². The van der Waals surface area contributed by atoms with E-state index < -0.39 is 0 Å². The summed E-state index contributed by atoms with van der Waals surface area (Å²) in [5, 5.41) is 5.57. The summed E-state index contributed by atoms with van der Waals surface area (Å²) in [5.74, 6) is 0.889. The molecule has 1 N–H and O–H groups in total. The maximum Gasteiger partial charge on any atom is 0.119 e. The van der Waals surface area contributed by atoms with Crippen molar-refractivity contribution >= 4 is 16.5 Å². The van der Waals surface area contributed by atoms with E-state index in [9.17, 15) is 0 Å². The Hall–Kier alpha value is -1.70. The van der Waals surface area contributed by atoms with E-state index in [1.165, 1.54) is 10.8 Å². The summed E-state index contributed by atoms with van der Waals surface area (Å²) in [6.07, 6.45) is 0. The van der Waals surface area contributed by atoms with Crippen LogP contribution >= 0.6 is 0 Å². The number of fused-ring (bicyclic) bond motifs is 1. The van der Waals surface area contributed by atoms with Crippen LogP contribution < -0.4 is 10.1 Å². The second-order valence-electron chi connectivity index (χ2n) is 3.14. The largest absolute Gasteiger partial charge is 0.497 e. The van der Waals surface area contributed by atoms with Gasteiger partial charge >= 0.3 is 0 Å². The standard InChI is InChI=1S/C12H13NO/c1-13-12-5-3-4-9-6-7-10(14-2)8-11(9)12/h3-8,13H,1-2H3. The molecule has 0 saturated heterocycles. The maximum absolute atomic E-state index is 5.19. The topological polar surface area (TPSA) is 21.3 Å². The fraction of sp³-hybridized carbons (Fsp3) is 0.167. The average Bonchev–Trinajstić information content (AvgIpc) is 2.27. The van der Waals surface area contributed by atoms with Crippen LogP contribution in [0.1, 0.15) is 0 Å². The van der Waals surface area contributed by atoms with Crippen molar-refractivity contribution in [1.29, 1.82) is 0 Å². The highest BCUT2D eigenvalue weighted by Gasteiger charge is 2.00. The highest BCUT2D eigenvalue weighted by atomic mass is 16.5. The van der Waals surface area contributed by atoms with E-state index in [0.717, 1.165) is 11.4 Å². The van der Waals surface area contributed by atoms with E-state index in [1.54, 1.807) is 7.11 Å². The van der Waals surface area contributed by atoms with E-state index in [0.29, 0.717) is 0 Å². The lowest BCUT2D eigenvalue weighted by molar-refractivity contribution is 0.415. The Morgan fingerprint density at radius 1 is 1.14 bits per heavy atom. The van der Waals surface area contributed by atoms with Crippen LogP contribution in [0.5, 0.6) is 5.75 Å². The first kappa shape index (κ1) is 8.88. The number of benzene rings is 2. The van der Waals surface area contributed by atoms with Crippen LogP contribution in [-0.4, -0.2) is 14.2 Å². The number of nitrogens with one attached hydrogen (secondary N) is 1. The van der Waals surface area contributed by atoms with E-state index in [2.05, 4.69) is 23.5 Å². The predicted octanol–water partition coefficient (Wildman–Crippen LogP) is 2.89. The molecule has 0 unspecified atom stereocenters. The van der Waals surface area contributed by atoms with E-state index >= 15 is 0 Å². The summed E-state index contributed by atoms with van der Waals surface area (Å²) < 4.78 is 5.19. The van der Waals surface area contributed by atoms with Crippen LogP contribution in [0.2, 0.25) is 0 Å². The quantitative estimate of drug-likeness (QED) is 0.780. The summed E-state index contributed by atoms with van der Waals surface area (Å²) >= 11 is 0. The predicted molar refractivity (Wildman–Crippen MR) is 60.0 cm³/mol. The van der Waals surface area contributed by atoms with Gasteiger partial charge in [-0.1, -0.05) is 18.2 Å². The van der Waals surface area contributed by atoms with Crippen molar-refractivity contribution in [2.75, 3.05) is 19.5 Å². The lowest BCUT2D eigenvalue weighted by Crippen LogP contribution is -1.89. The van der Waals surface area contributed by atoms with Crippen LogP contribution in [0.3, 0.4) is 0 Å². The zero-order chi connectivity index (χ0) is 9.97. The van der Waals surface area contributed by atoms with E-state index in [4.69, 9.17) is 4.74 Å². The van der Waals surface area contributed by atoms with Crippen molar-refractivity contribution in [2.24, 2.45) is 0 Å². The van der Waals surface area contributed by atoms with Gasteiger partial charge < -0.3 is 10.1 Å². The zero-order valence-corrected chi connectivity index (χ0v) is 8.37. The summed E-state index contributed by atoms with van der Waals surface area (Å²) in [7, 11) is 3.61. The molecule has 2 aromatic carbocycles. The summed E-state index contributed by atoms with van der Waals surface area (Å²) in [5.41, 5.74) is 1.13. The minimum atomic E-state index is 0.889. The number of anilines is 1. The second kappa shape index (κ2) is 3.58. The Kier molecular flexibility index (Phi) is 2.27. The molecule has 14 heavy (non-hydrogen) atoms. The normalized spacial score (nSPS) is 10.1. The monoisotopic (exact) mass is 187 g/mol. The van der Waals surface area contributed by atoms with Gasteiger partial charge in [0.15, 0.2) is 0 Å². The van der Waals surface area contributed by atoms with E-state index in [1.807, 2.05) is 25.2 Å². The molecule has 2 aromatic rings. The third kappa shape index (κ3) is 1.39. The average molecular weight is 187 g/mol. The molecule has 2 nitrogen and oxygen atoms in total. The number of hydrogen-bond acceptors (Lipinski definition) is 2. The first-order valence-electron chi connectivity index (χ1n) is 4.59. The van der Waals surface area contributed by atoms with Gasteiger partial charge in [-0.05, 0) is 23.6 Å². The smallest absolute Gasteiger partial charge is 0.119 e. The molecule has 0 aliphatic heterocycles. The number of ether oxygens (including phenoxy) is 1. The third-order valence-corrected chi connectivity index (χ3v) is 2.36. The van der Waals surface area contributed by atoms with Crippen LogP contribution in [0, 0.1) is 0 Å². The van der Waals surface area contributed by atoms with Gasteiger partial charge in [-0.25, -0.2) is 0 Å². The van der Waals surface area contributed by atoms with Crippen LogP contribution in [0.4, 0.5) is 5.69 Å². The van der Waals surface area contributed by atoms with Gasteiger partial charge in [0.05, 0.1) is 7.11 Å². The fourth-order valence-corrected chi connectivity index (χ4v) is 1.60. The Morgan fingerprint density at radius 3 is 2.71 bits per heavy atom. The van der Waals surface area contributed by atoms with Crippen molar-refractivity contribution in [3.8, 4) is 5.75 Å². The highest BCUT2D eigenvalue weighted by Crippen LogP contribution is 2.26. The molecule has 0 amide bonds. The molecule has 2 heteroatoms. The second-order valence-corrected chi connectivity index (χ2v) is 3.14. The number of methoxy groups -OCH3 is 1. The van der Waals surface area contributed by atoms with Crippen molar-refractivity contribution in [1.82, 2.24) is 0 Å². The molecule has 0 fully saturated rings. The summed E-state index contributed by atoms with van der Waals surface area (Å²) in [6.45, 7) is 0. The Morgan fingerprint density at radius 2 is 2.00 bits per heavy atom. The zero-order valence-electron chi connectivity index (χ0n) is 8.37. The molecule has 0 bridgehead atoms. The van der Waals surface area contributed by atoms with Gasteiger partial charge in [0, 0.05) is 18.1 Å². The molecule has 72 valence electrons. The third-order valence-electron chi connectivity index (χ3n) is 2.36. The van der Waals surface area contributed by atoms with Gasteiger partial charge in [-0.3, -0.25) is 0 Å². The van der Waals surface area contributed by atoms with Gasteiger partial charge in [-0.15, -0.1) is 0 Å². The first-order chi connectivity index (χ1) is 6.85. The van der Waals surface area contributed by atoms with Crippen molar-refractivity contribution in [2.45, 2.75) is 0 Å². The molecule has 0 spiro atoms. The number of rotatable bonds is 2. The SMILES string of the molecule is CNc1cccc2ccc(OC)cc12. The van der Waals surface area contributed by atoms with Gasteiger partial charge in [-0.2, -0.15) is 0 Å². The Bertz CT molecular complexity index is 451. The molecule has 0 aliphatic rings. The molecule has 0 atom stereocenters. The van der Waals surface area contributed by atoms with Gasteiger partial charge in [0.25, 0.3) is 0 Å².